The third-order valence-electron chi connectivity index (χ3n) is 1.96. The Morgan fingerprint density at radius 3 is 2.29 bits per heavy atom. The van der Waals surface area contributed by atoms with Crippen LogP contribution >= 0.6 is 0 Å². The molecular formula is C7H14N4O4S2. The van der Waals surface area contributed by atoms with Crippen molar-refractivity contribution in [3.63, 3.8) is 0 Å². The van der Waals surface area contributed by atoms with E-state index in [1.165, 1.54) is 20.9 Å². The highest BCUT2D eigenvalue weighted by Gasteiger charge is 2.24. The summed E-state index contributed by atoms with van der Waals surface area (Å²) in [4.78, 5) is -0.357. The molecule has 0 saturated carbocycles. The Balaban J connectivity index is 3.26. The first-order chi connectivity index (χ1) is 7.54. The van der Waals surface area contributed by atoms with Crippen LogP contribution in [-0.2, 0) is 27.1 Å². The molecule has 0 aromatic carbocycles. The summed E-state index contributed by atoms with van der Waals surface area (Å²) in [5, 5.41) is 7.95. The molecule has 0 amide bonds. The fourth-order valence-electron chi connectivity index (χ4n) is 0.998. The third kappa shape index (κ3) is 3.17. The van der Waals surface area contributed by atoms with Crippen LogP contribution in [0, 0.1) is 0 Å². The minimum Gasteiger partial charge on any atom is -0.272 e. The van der Waals surface area contributed by atoms with E-state index in [4.69, 9.17) is 5.14 Å². The second-order valence-corrected chi connectivity index (χ2v) is 7.52. The quantitative estimate of drug-likeness (QED) is 0.749. The smallest absolute Gasteiger partial charge is 0.243 e. The van der Waals surface area contributed by atoms with Crippen LogP contribution in [0.15, 0.2) is 11.1 Å². The highest BCUT2D eigenvalue weighted by Crippen LogP contribution is 2.19. The van der Waals surface area contributed by atoms with Gasteiger partial charge in [-0.2, -0.15) is 5.10 Å². The van der Waals surface area contributed by atoms with E-state index in [0.29, 0.717) is 0 Å². The minimum absolute atomic E-state index is 0.288. The number of hydrogen-bond donors (Lipinski definition) is 2. The van der Waals surface area contributed by atoms with Crippen molar-refractivity contribution in [3.05, 3.63) is 6.20 Å². The molecule has 0 spiro atoms. The van der Waals surface area contributed by atoms with Gasteiger partial charge in [-0.25, -0.2) is 22.0 Å². The van der Waals surface area contributed by atoms with Crippen LogP contribution in [-0.4, -0.2) is 31.9 Å². The molecule has 1 heterocycles. The number of hydrogen-bond acceptors (Lipinski definition) is 5. The van der Waals surface area contributed by atoms with E-state index in [1.54, 1.807) is 0 Å². The van der Waals surface area contributed by atoms with Gasteiger partial charge in [0.1, 0.15) is 4.90 Å². The van der Waals surface area contributed by atoms with E-state index < -0.39 is 25.3 Å². The Hall–Kier alpha value is -1.13. The molecule has 0 unspecified atom stereocenters. The molecule has 8 nitrogen and oxygen atoms in total. The lowest BCUT2D eigenvalue weighted by Crippen LogP contribution is -2.24. The van der Waals surface area contributed by atoms with Crippen LogP contribution < -0.4 is 9.86 Å². The lowest BCUT2D eigenvalue weighted by molar-refractivity contribution is 0.592. The summed E-state index contributed by atoms with van der Waals surface area (Å²) >= 11 is 0. The van der Waals surface area contributed by atoms with E-state index in [2.05, 4.69) is 9.82 Å². The SMILES string of the molecule is CC(C)S(=O)(=O)Nc1nn(C)cc1S(N)(=O)=O. The maximum atomic E-state index is 11.6. The molecule has 17 heavy (non-hydrogen) atoms. The zero-order valence-electron chi connectivity index (χ0n) is 9.58. The van der Waals surface area contributed by atoms with Gasteiger partial charge >= 0.3 is 0 Å². The number of aromatic nitrogens is 2. The lowest BCUT2D eigenvalue weighted by atomic mass is 10.6. The Bertz CT molecular complexity index is 614. The number of nitrogens with two attached hydrogens (primary N) is 1. The molecule has 0 aliphatic heterocycles. The van der Waals surface area contributed by atoms with Gasteiger partial charge in [-0.3, -0.25) is 9.40 Å². The van der Waals surface area contributed by atoms with Crippen molar-refractivity contribution in [1.29, 1.82) is 0 Å². The summed E-state index contributed by atoms with van der Waals surface area (Å²) in [6, 6.07) is 0. The summed E-state index contributed by atoms with van der Waals surface area (Å²) < 4.78 is 48.9. The lowest BCUT2D eigenvalue weighted by Gasteiger charge is -2.09. The van der Waals surface area contributed by atoms with Gasteiger partial charge in [0.05, 0.1) is 5.25 Å². The Labute approximate surface area is 99.9 Å². The summed E-state index contributed by atoms with van der Waals surface area (Å²) in [5.41, 5.74) is 0. The fraction of sp³-hybridized carbons (Fsp3) is 0.571. The van der Waals surface area contributed by atoms with Gasteiger partial charge in [-0.1, -0.05) is 0 Å². The third-order valence-corrected chi connectivity index (χ3v) is 4.59. The minimum atomic E-state index is -4.02. The van der Waals surface area contributed by atoms with Crippen molar-refractivity contribution in [2.24, 2.45) is 12.2 Å². The van der Waals surface area contributed by atoms with Gasteiger partial charge in [0.2, 0.25) is 20.0 Å². The van der Waals surface area contributed by atoms with Crippen LogP contribution in [0.4, 0.5) is 5.82 Å². The number of primary sulfonamides is 1. The van der Waals surface area contributed by atoms with E-state index >= 15 is 0 Å². The van der Waals surface area contributed by atoms with Gasteiger partial charge in [0.25, 0.3) is 0 Å². The molecule has 3 N–H and O–H groups in total. The highest BCUT2D eigenvalue weighted by molar-refractivity contribution is 7.93. The largest absolute Gasteiger partial charge is 0.272 e. The van der Waals surface area contributed by atoms with Crippen LogP contribution in [0.3, 0.4) is 0 Å². The van der Waals surface area contributed by atoms with Crippen molar-refractivity contribution < 1.29 is 16.8 Å². The molecule has 0 aliphatic rings. The van der Waals surface area contributed by atoms with Crippen LogP contribution in [0.25, 0.3) is 0 Å². The van der Waals surface area contributed by atoms with E-state index in [1.807, 2.05) is 0 Å². The summed E-state index contributed by atoms with van der Waals surface area (Å²) in [7, 11) is -6.23. The van der Waals surface area contributed by atoms with Gasteiger partial charge in [-0.15, -0.1) is 0 Å². The number of sulfonamides is 2. The molecule has 10 heteroatoms. The topological polar surface area (TPSA) is 124 Å². The predicted octanol–water partition coefficient (Wildman–Crippen LogP) is -0.782. The molecule has 0 bridgehead atoms. The summed E-state index contributed by atoms with van der Waals surface area (Å²) in [6.07, 6.45) is 1.13. The number of nitrogens with one attached hydrogen (secondary N) is 1. The first kappa shape index (κ1) is 13.9. The molecule has 0 fully saturated rings. The Morgan fingerprint density at radius 1 is 1.35 bits per heavy atom. The van der Waals surface area contributed by atoms with Gasteiger partial charge in [-0.05, 0) is 13.8 Å². The maximum Gasteiger partial charge on any atom is 0.243 e. The van der Waals surface area contributed by atoms with Crippen molar-refractivity contribution in [3.8, 4) is 0 Å². The second kappa shape index (κ2) is 4.27. The van der Waals surface area contributed by atoms with Gasteiger partial charge in [0.15, 0.2) is 5.82 Å². The monoisotopic (exact) mass is 282 g/mol. The highest BCUT2D eigenvalue weighted by atomic mass is 32.2. The van der Waals surface area contributed by atoms with Crippen LogP contribution in [0.2, 0.25) is 0 Å². The average molecular weight is 282 g/mol. The molecule has 0 atom stereocenters. The number of rotatable bonds is 4. The normalized spacial score (nSPS) is 13.0. The fourth-order valence-corrected chi connectivity index (χ4v) is 2.38. The standard InChI is InChI=1S/C7H14N4O4S2/c1-5(2)17(14,15)10-7-6(16(8,12)13)4-11(3)9-7/h4-5H,1-3H3,(H,9,10)(H2,8,12,13). The molecule has 1 aromatic rings. The van der Waals surface area contributed by atoms with Crippen molar-refractivity contribution in [2.45, 2.75) is 24.0 Å². The van der Waals surface area contributed by atoms with E-state index in [9.17, 15) is 16.8 Å². The first-order valence-electron chi connectivity index (χ1n) is 4.62. The number of nitrogens with zero attached hydrogens (tertiary/aromatic N) is 2. The predicted molar refractivity (Wildman–Crippen MR) is 62.3 cm³/mol. The second-order valence-electron chi connectivity index (χ2n) is 3.76. The number of aryl methyl sites for hydroxylation is 1. The number of anilines is 1. The van der Waals surface area contributed by atoms with E-state index in [0.717, 1.165) is 10.9 Å². The molecule has 0 aliphatic carbocycles. The molecule has 1 aromatic heterocycles. The molecular weight excluding hydrogens is 268 g/mol. The zero-order valence-corrected chi connectivity index (χ0v) is 11.2. The molecule has 0 saturated heterocycles. The maximum absolute atomic E-state index is 11.6. The average Bonchev–Trinajstić information content (AvgIpc) is 2.44. The Morgan fingerprint density at radius 2 is 1.88 bits per heavy atom. The Kier molecular flexibility index (Phi) is 3.50. The molecule has 0 radical (unpaired) electrons. The zero-order chi connectivity index (χ0) is 13.4. The van der Waals surface area contributed by atoms with Crippen LogP contribution in [0.5, 0.6) is 0 Å². The van der Waals surface area contributed by atoms with Crippen LogP contribution in [0.1, 0.15) is 13.8 Å². The summed E-state index contributed by atoms with van der Waals surface area (Å²) in [6.45, 7) is 2.92. The summed E-state index contributed by atoms with van der Waals surface area (Å²) in [5.74, 6) is -0.288. The van der Waals surface area contributed by atoms with Crippen molar-refractivity contribution in [2.75, 3.05) is 4.72 Å². The molecule has 1 rings (SSSR count). The van der Waals surface area contributed by atoms with Gasteiger partial charge in [0, 0.05) is 13.2 Å². The van der Waals surface area contributed by atoms with E-state index in [-0.39, 0.29) is 10.7 Å². The molecule has 98 valence electrons. The van der Waals surface area contributed by atoms with Crippen molar-refractivity contribution in [1.82, 2.24) is 9.78 Å². The van der Waals surface area contributed by atoms with Gasteiger partial charge < -0.3 is 0 Å². The first-order valence-corrected chi connectivity index (χ1v) is 7.71. The van der Waals surface area contributed by atoms with Crippen molar-refractivity contribution >= 4 is 25.9 Å².